The third-order valence-electron chi connectivity index (χ3n) is 12.0. The molecule has 0 unspecified atom stereocenters. The van der Waals surface area contributed by atoms with E-state index in [1.54, 1.807) is 11.3 Å². The fourth-order valence-corrected chi connectivity index (χ4v) is 10.8. The minimum Gasteiger partial charge on any atom is -0.278 e. The zero-order chi connectivity index (χ0) is 36.1. The lowest BCUT2D eigenvalue weighted by molar-refractivity contribution is 0.757. The predicted octanol–water partition coefficient (Wildman–Crippen LogP) is 13.2. The predicted molar refractivity (Wildman–Crippen MR) is 230 cm³/mol. The van der Waals surface area contributed by atoms with Crippen LogP contribution in [-0.2, 0) is 5.41 Å². The molecule has 0 saturated heterocycles. The molecule has 3 nitrogen and oxygen atoms in total. The van der Waals surface area contributed by atoms with Crippen LogP contribution in [0.3, 0.4) is 0 Å². The topological polar surface area (TPSA) is 30.7 Å². The zero-order valence-corrected chi connectivity index (χ0v) is 30.7. The highest BCUT2D eigenvalue weighted by Crippen LogP contribution is 2.57. The van der Waals surface area contributed by atoms with Gasteiger partial charge >= 0.3 is 0 Å². The first-order valence-corrected chi connectivity index (χ1v) is 19.9. The molecular formula is C51H33N3S. The van der Waals surface area contributed by atoms with E-state index in [9.17, 15) is 0 Å². The number of para-hydroxylation sites is 1. The second kappa shape index (κ2) is 11.7. The van der Waals surface area contributed by atoms with Crippen LogP contribution in [0.25, 0.3) is 75.7 Å². The lowest BCUT2D eigenvalue weighted by Crippen LogP contribution is -2.29. The molecule has 0 fully saturated rings. The van der Waals surface area contributed by atoms with Gasteiger partial charge in [-0.3, -0.25) is 4.57 Å². The third kappa shape index (κ3) is 4.31. The minimum absolute atomic E-state index is 0.455. The Labute approximate surface area is 322 Å². The van der Waals surface area contributed by atoms with Crippen LogP contribution in [0.15, 0.2) is 182 Å². The van der Waals surface area contributed by atoms with E-state index in [4.69, 9.17) is 9.97 Å². The first-order chi connectivity index (χ1) is 27.3. The number of nitrogens with zero attached hydrogens (tertiary/aromatic N) is 3. The van der Waals surface area contributed by atoms with Crippen LogP contribution >= 0.6 is 11.3 Å². The summed E-state index contributed by atoms with van der Waals surface area (Å²) in [6.07, 6.45) is 6.84. The lowest BCUT2D eigenvalue weighted by Gasteiger charge is -2.35. The van der Waals surface area contributed by atoms with Crippen LogP contribution in [0.5, 0.6) is 0 Å². The average Bonchev–Trinajstić information content (AvgIpc) is 3.89. The number of fused-ring (bicyclic) bond motifs is 9. The number of hydrogen-bond acceptors (Lipinski definition) is 3. The van der Waals surface area contributed by atoms with Crippen molar-refractivity contribution in [2.24, 2.45) is 0 Å². The van der Waals surface area contributed by atoms with Crippen LogP contribution < -0.4 is 0 Å². The van der Waals surface area contributed by atoms with Gasteiger partial charge in [0.15, 0.2) is 0 Å². The van der Waals surface area contributed by atoms with Gasteiger partial charge in [-0.05, 0) is 87.3 Å². The molecule has 2 aliphatic carbocycles. The van der Waals surface area contributed by atoms with Crippen molar-refractivity contribution in [3.8, 4) is 17.2 Å². The molecule has 10 aromatic rings. The van der Waals surface area contributed by atoms with Gasteiger partial charge in [0.25, 0.3) is 0 Å². The van der Waals surface area contributed by atoms with Crippen LogP contribution in [0, 0.1) is 0 Å². The van der Waals surface area contributed by atoms with E-state index in [2.05, 4.69) is 181 Å². The van der Waals surface area contributed by atoms with Gasteiger partial charge in [0.1, 0.15) is 0 Å². The quantitative estimate of drug-likeness (QED) is 0.181. The van der Waals surface area contributed by atoms with Crippen molar-refractivity contribution in [3.05, 3.63) is 204 Å². The molecule has 55 heavy (non-hydrogen) atoms. The van der Waals surface area contributed by atoms with Gasteiger partial charge < -0.3 is 0 Å². The Hall–Kier alpha value is -6.62. The molecule has 3 aromatic heterocycles. The summed E-state index contributed by atoms with van der Waals surface area (Å²) >= 11 is 1.79. The molecule has 3 heterocycles. The summed E-state index contributed by atoms with van der Waals surface area (Å²) in [5.41, 5.74) is 12.9. The summed E-state index contributed by atoms with van der Waals surface area (Å²) in [7, 11) is 0. The van der Waals surface area contributed by atoms with Crippen molar-refractivity contribution in [1.82, 2.24) is 14.5 Å². The number of allylic oxidation sites excluding steroid dienone is 4. The number of thiophene rings is 1. The van der Waals surface area contributed by atoms with Gasteiger partial charge in [0, 0.05) is 26.4 Å². The van der Waals surface area contributed by atoms with Crippen LogP contribution in [-0.4, -0.2) is 14.5 Å². The van der Waals surface area contributed by atoms with Crippen molar-refractivity contribution < 1.29 is 0 Å². The molecular weight excluding hydrogens is 687 g/mol. The normalized spacial score (nSPS) is 14.8. The van der Waals surface area contributed by atoms with Gasteiger partial charge in [-0.15, -0.1) is 11.3 Å². The molecule has 0 amide bonds. The molecule has 12 rings (SSSR count). The fourth-order valence-electron chi connectivity index (χ4n) is 9.62. The molecule has 0 saturated carbocycles. The Morgan fingerprint density at radius 1 is 0.582 bits per heavy atom. The largest absolute Gasteiger partial charge is 0.278 e. The van der Waals surface area contributed by atoms with Crippen molar-refractivity contribution in [3.63, 3.8) is 0 Å². The fraction of sp³-hybridized carbons (Fsp3) is 0.0588. The maximum atomic E-state index is 5.63. The molecule has 2 aliphatic rings. The summed E-state index contributed by atoms with van der Waals surface area (Å²) in [4.78, 5) is 11.1. The second-order valence-corrected chi connectivity index (χ2v) is 15.8. The highest BCUT2D eigenvalue weighted by molar-refractivity contribution is 7.26. The summed E-state index contributed by atoms with van der Waals surface area (Å²) < 4.78 is 4.60. The molecule has 0 aliphatic heterocycles. The Morgan fingerprint density at radius 3 is 2.07 bits per heavy atom. The van der Waals surface area contributed by atoms with Crippen LogP contribution in [0.1, 0.15) is 35.1 Å². The average molecular weight is 720 g/mol. The Kier molecular flexibility index (Phi) is 6.55. The van der Waals surface area contributed by atoms with Crippen LogP contribution in [0.2, 0.25) is 0 Å². The number of rotatable bonds is 4. The number of hydrogen-bond donors (Lipinski definition) is 0. The van der Waals surface area contributed by atoms with Crippen molar-refractivity contribution in [1.29, 1.82) is 0 Å². The zero-order valence-electron chi connectivity index (χ0n) is 29.9. The van der Waals surface area contributed by atoms with E-state index in [1.807, 2.05) is 0 Å². The highest BCUT2D eigenvalue weighted by atomic mass is 32.1. The standard InChI is InChI=1S/C51H33N3S/c1-3-17-35(18-4-1)51(36-19-5-2-6-20-36)42-24-12-9-21-37(42)38-28-27-34(30-43(38)51)47-49-48(40-23-11-14-26-46(40)55-49)53-50(52-47)54-44-25-13-10-22-39(44)41-29-32-15-7-8-16-33(32)31-45(41)54/h1-8,10-20,22-31H,9,21H2. The molecule has 0 spiro atoms. The van der Waals surface area contributed by atoms with Gasteiger partial charge in [0.05, 0.1) is 32.4 Å². The van der Waals surface area contributed by atoms with Gasteiger partial charge in [0.2, 0.25) is 5.95 Å². The summed E-state index contributed by atoms with van der Waals surface area (Å²) in [6, 6.07) is 59.9. The maximum Gasteiger partial charge on any atom is 0.235 e. The van der Waals surface area contributed by atoms with E-state index in [0.717, 1.165) is 50.7 Å². The van der Waals surface area contributed by atoms with Crippen LogP contribution in [0.4, 0.5) is 0 Å². The van der Waals surface area contributed by atoms with Crippen molar-refractivity contribution in [2.45, 2.75) is 18.3 Å². The lowest BCUT2D eigenvalue weighted by atomic mass is 9.66. The molecule has 4 heteroatoms. The summed E-state index contributed by atoms with van der Waals surface area (Å²) in [5, 5.41) is 5.98. The number of benzene rings is 7. The summed E-state index contributed by atoms with van der Waals surface area (Å²) in [6.45, 7) is 0. The van der Waals surface area contributed by atoms with Gasteiger partial charge in [-0.1, -0.05) is 146 Å². The maximum absolute atomic E-state index is 5.63. The van der Waals surface area contributed by atoms with Gasteiger partial charge in [-0.2, -0.15) is 0 Å². The van der Waals surface area contributed by atoms with E-state index in [-0.39, 0.29) is 0 Å². The first kappa shape index (κ1) is 30.8. The highest BCUT2D eigenvalue weighted by Gasteiger charge is 2.47. The smallest absolute Gasteiger partial charge is 0.235 e. The molecule has 258 valence electrons. The van der Waals surface area contributed by atoms with Crippen molar-refractivity contribution in [2.75, 3.05) is 0 Å². The number of aromatic nitrogens is 3. The monoisotopic (exact) mass is 719 g/mol. The molecule has 0 atom stereocenters. The van der Waals surface area contributed by atoms with E-state index < -0.39 is 5.41 Å². The molecule has 0 radical (unpaired) electrons. The molecule has 0 bridgehead atoms. The third-order valence-corrected chi connectivity index (χ3v) is 13.1. The molecule has 7 aromatic carbocycles. The SMILES string of the molecule is C1=CC2=C(CC1)c1ccc(-c3nc(-n4c5ccccc5c5cc6ccccc6cc54)nc4c3sc3ccccc34)cc1C2(c1ccccc1)c1ccccc1. The Bertz CT molecular complexity index is 3220. The van der Waals surface area contributed by atoms with E-state index >= 15 is 0 Å². The Morgan fingerprint density at radius 2 is 1.27 bits per heavy atom. The first-order valence-electron chi connectivity index (χ1n) is 19.1. The van der Waals surface area contributed by atoms with Gasteiger partial charge in [-0.25, -0.2) is 9.97 Å². The van der Waals surface area contributed by atoms with E-state index in [1.165, 1.54) is 59.6 Å². The molecule has 0 N–H and O–H groups in total. The van der Waals surface area contributed by atoms with Crippen molar-refractivity contribution >= 4 is 69.8 Å². The Balaban J connectivity index is 1.18. The summed E-state index contributed by atoms with van der Waals surface area (Å²) in [5.74, 6) is 0.686. The second-order valence-electron chi connectivity index (χ2n) is 14.8. The van der Waals surface area contributed by atoms with E-state index in [0.29, 0.717) is 5.95 Å². The minimum atomic E-state index is -0.455.